The maximum absolute atomic E-state index is 5.94. The van der Waals surface area contributed by atoms with Gasteiger partial charge in [-0.3, -0.25) is 9.89 Å². The van der Waals surface area contributed by atoms with Crippen LogP contribution in [0.4, 0.5) is 0 Å². The van der Waals surface area contributed by atoms with Crippen LogP contribution in [0.25, 0.3) is 0 Å². The van der Waals surface area contributed by atoms with Gasteiger partial charge in [0, 0.05) is 32.2 Å². The quantitative estimate of drug-likeness (QED) is 0.574. The van der Waals surface area contributed by atoms with Crippen LogP contribution in [0.2, 0.25) is 0 Å². The van der Waals surface area contributed by atoms with Crippen molar-refractivity contribution in [2.24, 2.45) is 4.99 Å². The summed E-state index contributed by atoms with van der Waals surface area (Å²) in [6, 6.07) is 8.13. The molecule has 6 heteroatoms. The summed E-state index contributed by atoms with van der Waals surface area (Å²) in [5.41, 5.74) is 1.28. The monoisotopic (exact) mass is 362 g/mol. The first-order valence-electron chi connectivity index (χ1n) is 9.41. The highest BCUT2D eigenvalue weighted by Crippen LogP contribution is 2.15. The normalized spacial score (nSPS) is 17.7. The molecule has 2 N–H and O–H groups in total. The second-order valence-electron chi connectivity index (χ2n) is 7.46. The summed E-state index contributed by atoms with van der Waals surface area (Å²) in [5, 5.41) is 6.78. The van der Waals surface area contributed by atoms with Gasteiger partial charge < -0.3 is 20.1 Å². The van der Waals surface area contributed by atoms with E-state index in [9.17, 15) is 0 Å². The van der Waals surface area contributed by atoms with E-state index < -0.39 is 0 Å². The number of nitrogens with zero attached hydrogens (tertiary/aromatic N) is 2. The van der Waals surface area contributed by atoms with Crippen molar-refractivity contribution in [2.75, 3.05) is 46.4 Å². The molecule has 0 aliphatic carbocycles. The van der Waals surface area contributed by atoms with Crippen LogP contribution >= 0.6 is 0 Å². The van der Waals surface area contributed by atoms with E-state index in [0.717, 1.165) is 44.6 Å². The van der Waals surface area contributed by atoms with Crippen molar-refractivity contribution in [3.63, 3.8) is 0 Å². The Kier molecular flexibility index (Phi) is 7.72. The van der Waals surface area contributed by atoms with Gasteiger partial charge in [0.25, 0.3) is 0 Å². The zero-order chi connectivity index (χ0) is 19.0. The summed E-state index contributed by atoms with van der Waals surface area (Å²) in [4.78, 5) is 6.78. The van der Waals surface area contributed by atoms with Gasteiger partial charge in [0.2, 0.25) is 0 Å². The number of hydrogen-bond donors (Lipinski definition) is 2. The van der Waals surface area contributed by atoms with Gasteiger partial charge in [-0.2, -0.15) is 0 Å². The van der Waals surface area contributed by atoms with E-state index in [2.05, 4.69) is 60.4 Å². The zero-order valence-corrected chi connectivity index (χ0v) is 16.8. The molecule has 0 radical (unpaired) electrons. The summed E-state index contributed by atoms with van der Waals surface area (Å²) < 4.78 is 11.4. The molecule has 1 atom stereocenters. The van der Waals surface area contributed by atoms with Crippen LogP contribution in [0.1, 0.15) is 26.3 Å². The number of rotatable bonds is 7. The van der Waals surface area contributed by atoms with Crippen LogP contribution in [0.15, 0.2) is 29.3 Å². The first kappa shape index (κ1) is 20.5. The molecule has 1 aromatic rings. The van der Waals surface area contributed by atoms with Gasteiger partial charge in [-0.05, 0) is 39.8 Å². The summed E-state index contributed by atoms with van der Waals surface area (Å²) in [6.07, 6.45) is 0.0449. The third-order valence-electron chi connectivity index (χ3n) is 4.69. The largest absolute Gasteiger partial charge is 0.489 e. The molecule has 0 spiro atoms. The highest BCUT2D eigenvalue weighted by Gasteiger charge is 2.28. The molecule has 0 aromatic heterocycles. The minimum Gasteiger partial charge on any atom is -0.489 e. The maximum Gasteiger partial charge on any atom is 0.191 e. The van der Waals surface area contributed by atoms with Crippen molar-refractivity contribution in [1.82, 2.24) is 15.5 Å². The van der Waals surface area contributed by atoms with Gasteiger partial charge in [0.05, 0.1) is 19.8 Å². The fraction of sp³-hybridized carbons (Fsp3) is 0.650. The molecule has 1 aromatic carbocycles. The lowest BCUT2D eigenvalue weighted by atomic mass is 10.0. The third kappa shape index (κ3) is 6.50. The lowest BCUT2D eigenvalue weighted by molar-refractivity contribution is -0.00834. The van der Waals surface area contributed by atoms with Gasteiger partial charge in [0.15, 0.2) is 5.96 Å². The van der Waals surface area contributed by atoms with Crippen molar-refractivity contribution >= 4 is 5.96 Å². The summed E-state index contributed by atoms with van der Waals surface area (Å²) >= 11 is 0. The maximum atomic E-state index is 5.94. The molecule has 0 bridgehead atoms. The first-order chi connectivity index (χ1) is 12.4. The molecule has 1 aliphatic heterocycles. The highest BCUT2D eigenvalue weighted by molar-refractivity contribution is 5.79. The van der Waals surface area contributed by atoms with E-state index in [4.69, 9.17) is 9.47 Å². The van der Waals surface area contributed by atoms with Gasteiger partial charge >= 0.3 is 0 Å². The molecule has 0 amide bonds. The van der Waals surface area contributed by atoms with Gasteiger partial charge in [-0.1, -0.05) is 17.7 Å². The summed E-state index contributed by atoms with van der Waals surface area (Å²) in [7, 11) is 1.79. The molecule has 1 heterocycles. The smallest absolute Gasteiger partial charge is 0.191 e. The molecule has 2 rings (SSSR count). The van der Waals surface area contributed by atoms with Crippen LogP contribution in [0, 0.1) is 6.92 Å². The van der Waals surface area contributed by atoms with Crippen molar-refractivity contribution in [3.8, 4) is 5.75 Å². The molecule has 1 unspecified atom stereocenters. The second kappa shape index (κ2) is 9.78. The lowest BCUT2D eigenvalue weighted by Crippen LogP contribution is -2.56. The molecule has 26 heavy (non-hydrogen) atoms. The van der Waals surface area contributed by atoms with Crippen molar-refractivity contribution in [2.45, 2.75) is 39.3 Å². The van der Waals surface area contributed by atoms with Crippen molar-refractivity contribution in [3.05, 3.63) is 29.8 Å². The Labute approximate surface area is 158 Å². The zero-order valence-electron chi connectivity index (χ0n) is 16.8. The topological polar surface area (TPSA) is 58.1 Å². The molecular weight excluding hydrogens is 328 g/mol. The van der Waals surface area contributed by atoms with Gasteiger partial charge in [-0.15, -0.1) is 0 Å². The summed E-state index contributed by atoms with van der Waals surface area (Å²) in [6.45, 7) is 13.7. The Bertz CT molecular complexity index is 566. The molecule has 1 aliphatic rings. The number of nitrogens with one attached hydrogen (secondary N) is 2. The third-order valence-corrected chi connectivity index (χ3v) is 4.69. The number of aryl methyl sites for hydroxylation is 1. The van der Waals surface area contributed by atoms with E-state index in [-0.39, 0.29) is 11.6 Å². The van der Waals surface area contributed by atoms with E-state index in [1.54, 1.807) is 7.05 Å². The Morgan fingerprint density at radius 2 is 1.88 bits per heavy atom. The van der Waals surface area contributed by atoms with Crippen LogP contribution < -0.4 is 15.4 Å². The van der Waals surface area contributed by atoms with Crippen molar-refractivity contribution < 1.29 is 9.47 Å². The SMILES string of the molecule is CN=C(NCC(C)Oc1ccc(C)cc1)NCC(C)(C)N1CCOCC1. The lowest BCUT2D eigenvalue weighted by Gasteiger charge is -2.41. The van der Waals surface area contributed by atoms with Gasteiger partial charge in [0.1, 0.15) is 11.9 Å². The average Bonchev–Trinajstić information content (AvgIpc) is 2.64. The van der Waals surface area contributed by atoms with Crippen LogP contribution in [-0.2, 0) is 4.74 Å². The van der Waals surface area contributed by atoms with Crippen LogP contribution in [-0.4, -0.2) is 68.9 Å². The molecular formula is C20H34N4O2. The fourth-order valence-electron chi connectivity index (χ4n) is 2.93. The number of guanidine groups is 1. The number of aliphatic imine (C=N–C) groups is 1. The number of ether oxygens (including phenoxy) is 2. The Morgan fingerprint density at radius 3 is 2.50 bits per heavy atom. The minimum atomic E-state index is 0.0449. The van der Waals surface area contributed by atoms with E-state index >= 15 is 0 Å². The Balaban J connectivity index is 1.75. The highest BCUT2D eigenvalue weighted by atomic mass is 16.5. The van der Waals surface area contributed by atoms with E-state index in [1.807, 2.05) is 12.1 Å². The molecule has 0 saturated carbocycles. The van der Waals surface area contributed by atoms with E-state index in [1.165, 1.54) is 5.56 Å². The molecule has 1 saturated heterocycles. The molecule has 6 nitrogen and oxygen atoms in total. The Hall–Kier alpha value is -1.79. The molecule has 146 valence electrons. The average molecular weight is 363 g/mol. The standard InChI is InChI=1S/C20H34N4O2/c1-16-6-8-18(9-7-16)26-17(2)14-22-19(21-5)23-15-20(3,4)24-10-12-25-13-11-24/h6-9,17H,10-15H2,1-5H3,(H2,21,22,23). The second-order valence-corrected chi connectivity index (χ2v) is 7.46. The number of hydrogen-bond acceptors (Lipinski definition) is 4. The fourth-order valence-corrected chi connectivity index (χ4v) is 2.93. The first-order valence-corrected chi connectivity index (χ1v) is 9.41. The molecule has 1 fully saturated rings. The van der Waals surface area contributed by atoms with Crippen LogP contribution in [0.5, 0.6) is 5.75 Å². The van der Waals surface area contributed by atoms with E-state index in [0.29, 0.717) is 6.54 Å². The predicted molar refractivity (Wildman–Crippen MR) is 107 cm³/mol. The predicted octanol–water partition coefficient (Wildman–Crippen LogP) is 2.04. The minimum absolute atomic E-state index is 0.0449. The number of morpholine rings is 1. The van der Waals surface area contributed by atoms with Crippen molar-refractivity contribution in [1.29, 1.82) is 0 Å². The van der Waals surface area contributed by atoms with Gasteiger partial charge in [-0.25, -0.2) is 0 Å². The number of benzene rings is 1. The summed E-state index contributed by atoms with van der Waals surface area (Å²) in [5.74, 6) is 1.69. The Morgan fingerprint density at radius 1 is 1.23 bits per heavy atom. The van der Waals surface area contributed by atoms with Crippen LogP contribution in [0.3, 0.4) is 0 Å².